The Hall–Kier alpha value is -2.97. The van der Waals surface area contributed by atoms with Gasteiger partial charge < -0.3 is 9.64 Å². The van der Waals surface area contributed by atoms with Gasteiger partial charge in [-0.2, -0.15) is 5.10 Å². The van der Waals surface area contributed by atoms with Crippen molar-refractivity contribution in [3.05, 3.63) is 46.5 Å². The molecule has 1 heterocycles. The fourth-order valence-corrected chi connectivity index (χ4v) is 1.60. The van der Waals surface area contributed by atoms with Gasteiger partial charge in [-0.05, 0) is 6.07 Å². The Bertz CT molecular complexity index is 628. The third-order valence-electron chi connectivity index (χ3n) is 2.69. The third kappa shape index (κ3) is 3.75. The van der Waals surface area contributed by atoms with Crippen molar-refractivity contribution in [2.45, 2.75) is 6.54 Å². The van der Waals surface area contributed by atoms with Gasteiger partial charge in [0.1, 0.15) is 12.2 Å². The average molecular weight is 291 g/mol. The minimum atomic E-state index is -0.557. The number of carbonyl (C=O) groups excluding carboxylic acids is 1. The van der Waals surface area contributed by atoms with Crippen molar-refractivity contribution >= 4 is 11.6 Å². The molecule has 0 aliphatic heterocycles. The Kier molecular flexibility index (Phi) is 4.44. The predicted molar refractivity (Wildman–Crippen MR) is 71.4 cm³/mol. The lowest BCUT2D eigenvalue weighted by Gasteiger charge is -2.15. The number of nitro benzene ring substituents is 1. The molecule has 0 unspecified atom stereocenters. The van der Waals surface area contributed by atoms with Crippen LogP contribution in [-0.4, -0.2) is 44.6 Å². The summed E-state index contributed by atoms with van der Waals surface area (Å²) in [5, 5.41) is 17.1. The molecular weight excluding hydrogens is 278 g/mol. The SMILES string of the molecule is CN(Cc1ncn[nH]1)C(=O)COc1ccccc1[N+](=O)[O-]. The van der Waals surface area contributed by atoms with E-state index in [1.165, 1.54) is 29.4 Å². The number of rotatable bonds is 6. The molecule has 0 fully saturated rings. The molecule has 2 rings (SSSR count). The van der Waals surface area contributed by atoms with E-state index in [9.17, 15) is 14.9 Å². The van der Waals surface area contributed by atoms with Crippen LogP contribution in [0.4, 0.5) is 5.69 Å². The van der Waals surface area contributed by atoms with Crippen LogP contribution in [0.5, 0.6) is 5.75 Å². The predicted octanol–water partition coefficient (Wildman–Crippen LogP) is 0.750. The summed E-state index contributed by atoms with van der Waals surface area (Å²) in [7, 11) is 1.58. The van der Waals surface area contributed by atoms with Crippen LogP contribution in [0.1, 0.15) is 5.82 Å². The molecule has 110 valence electrons. The number of nitrogens with one attached hydrogen (secondary N) is 1. The minimum absolute atomic E-state index is 0.0592. The number of aromatic amines is 1. The highest BCUT2D eigenvalue weighted by Crippen LogP contribution is 2.25. The van der Waals surface area contributed by atoms with Crippen molar-refractivity contribution in [3.63, 3.8) is 0 Å². The second kappa shape index (κ2) is 6.46. The van der Waals surface area contributed by atoms with Crippen LogP contribution < -0.4 is 4.74 Å². The zero-order valence-corrected chi connectivity index (χ0v) is 11.2. The van der Waals surface area contributed by atoms with Crippen molar-refractivity contribution in [1.82, 2.24) is 20.1 Å². The monoisotopic (exact) mass is 291 g/mol. The lowest BCUT2D eigenvalue weighted by molar-refractivity contribution is -0.385. The maximum absolute atomic E-state index is 11.9. The van der Waals surface area contributed by atoms with Gasteiger partial charge in [0.25, 0.3) is 5.91 Å². The number of nitro groups is 1. The Labute approximate surface area is 119 Å². The van der Waals surface area contributed by atoms with E-state index in [1.54, 1.807) is 13.1 Å². The zero-order valence-electron chi connectivity index (χ0n) is 11.2. The maximum Gasteiger partial charge on any atom is 0.310 e. The van der Waals surface area contributed by atoms with Gasteiger partial charge in [0.2, 0.25) is 0 Å². The zero-order chi connectivity index (χ0) is 15.2. The highest BCUT2D eigenvalue weighted by Gasteiger charge is 2.17. The van der Waals surface area contributed by atoms with Crippen LogP contribution >= 0.6 is 0 Å². The summed E-state index contributed by atoms with van der Waals surface area (Å²) in [5.74, 6) is 0.269. The van der Waals surface area contributed by atoms with Gasteiger partial charge >= 0.3 is 5.69 Å². The molecule has 0 aliphatic carbocycles. The fraction of sp³-hybridized carbons (Fsp3) is 0.250. The number of likely N-dealkylation sites (N-methyl/N-ethyl adjacent to an activating group) is 1. The number of hydrogen-bond donors (Lipinski definition) is 1. The Morgan fingerprint density at radius 1 is 1.48 bits per heavy atom. The standard InChI is InChI=1S/C12H13N5O4/c1-16(6-11-13-8-14-15-11)12(18)7-21-10-5-3-2-4-9(10)17(19)20/h2-5,8H,6-7H2,1H3,(H,13,14,15). The molecule has 0 saturated heterocycles. The number of para-hydroxylation sites is 2. The van der Waals surface area contributed by atoms with Crippen LogP contribution in [0.15, 0.2) is 30.6 Å². The molecule has 1 aromatic heterocycles. The molecule has 1 aromatic carbocycles. The van der Waals surface area contributed by atoms with Gasteiger partial charge in [-0.1, -0.05) is 12.1 Å². The summed E-state index contributed by atoms with van der Waals surface area (Å²) >= 11 is 0. The number of nitrogens with zero attached hydrogens (tertiary/aromatic N) is 4. The van der Waals surface area contributed by atoms with Crippen LogP contribution in [-0.2, 0) is 11.3 Å². The molecule has 0 bridgehead atoms. The Morgan fingerprint density at radius 2 is 2.24 bits per heavy atom. The summed E-state index contributed by atoms with van der Waals surface area (Å²) in [6.45, 7) is -0.0471. The largest absolute Gasteiger partial charge is 0.477 e. The van der Waals surface area contributed by atoms with Crippen molar-refractivity contribution in [3.8, 4) is 5.75 Å². The second-order valence-corrected chi connectivity index (χ2v) is 4.20. The van der Waals surface area contributed by atoms with E-state index in [-0.39, 0.29) is 30.5 Å². The first-order chi connectivity index (χ1) is 10.1. The second-order valence-electron chi connectivity index (χ2n) is 4.20. The molecule has 1 amide bonds. The number of benzene rings is 1. The van der Waals surface area contributed by atoms with Crippen LogP contribution in [0.25, 0.3) is 0 Å². The Morgan fingerprint density at radius 3 is 2.90 bits per heavy atom. The third-order valence-corrected chi connectivity index (χ3v) is 2.69. The molecule has 0 saturated carbocycles. The number of hydrogen-bond acceptors (Lipinski definition) is 6. The van der Waals surface area contributed by atoms with E-state index in [0.717, 1.165) is 0 Å². The van der Waals surface area contributed by atoms with Crippen LogP contribution in [0.2, 0.25) is 0 Å². The summed E-state index contributed by atoms with van der Waals surface area (Å²) < 4.78 is 5.22. The van der Waals surface area contributed by atoms with E-state index in [4.69, 9.17) is 4.74 Å². The van der Waals surface area contributed by atoms with Crippen molar-refractivity contribution in [2.24, 2.45) is 0 Å². The highest BCUT2D eigenvalue weighted by atomic mass is 16.6. The van der Waals surface area contributed by atoms with Crippen molar-refractivity contribution < 1.29 is 14.5 Å². The molecule has 0 radical (unpaired) electrons. The molecule has 0 atom stereocenters. The summed E-state index contributed by atoms with van der Waals surface area (Å²) in [6, 6.07) is 5.90. The molecule has 1 N–H and O–H groups in total. The van der Waals surface area contributed by atoms with E-state index in [2.05, 4.69) is 15.2 Å². The van der Waals surface area contributed by atoms with Gasteiger partial charge in [-0.25, -0.2) is 4.98 Å². The van der Waals surface area contributed by atoms with Gasteiger partial charge in [-0.15, -0.1) is 0 Å². The van der Waals surface area contributed by atoms with E-state index < -0.39 is 4.92 Å². The fourth-order valence-electron chi connectivity index (χ4n) is 1.60. The van der Waals surface area contributed by atoms with Crippen molar-refractivity contribution in [2.75, 3.05) is 13.7 Å². The molecule has 21 heavy (non-hydrogen) atoms. The quantitative estimate of drug-likeness (QED) is 0.620. The van der Waals surface area contributed by atoms with Gasteiger partial charge in [0, 0.05) is 13.1 Å². The van der Waals surface area contributed by atoms with Crippen LogP contribution in [0, 0.1) is 10.1 Å². The van der Waals surface area contributed by atoms with Gasteiger partial charge in [0.05, 0.1) is 11.5 Å². The summed E-state index contributed by atoms with van der Waals surface area (Å²) in [5.41, 5.74) is -0.178. The average Bonchev–Trinajstić information content (AvgIpc) is 2.97. The Balaban J connectivity index is 1.93. The normalized spacial score (nSPS) is 10.1. The number of H-pyrrole nitrogens is 1. The van der Waals surface area contributed by atoms with Crippen LogP contribution in [0.3, 0.4) is 0 Å². The topological polar surface area (TPSA) is 114 Å². The number of aromatic nitrogens is 3. The highest BCUT2D eigenvalue weighted by molar-refractivity contribution is 5.77. The summed E-state index contributed by atoms with van der Waals surface area (Å²) in [4.78, 5) is 27.4. The molecule has 2 aromatic rings. The molecular formula is C12H13N5O4. The van der Waals surface area contributed by atoms with Gasteiger partial charge in [-0.3, -0.25) is 20.0 Å². The lowest BCUT2D eigenvalue weighted by atomic mass is 10.3. The number of carbonyl (C=O) groups is 1. The van der Waals surface area contributed by atoms with E-state index in [1.807, 2.05) is 0 Å². The first kappa shape index (κ1) is 14.4. The van der Waals surface area contributed by atoms with E-state index in [0.29, 0.717) is 5.82 Å². The van der Waals surface area contributed by atoms with E-state index >= 15 is 0 Å². The van der Waals surface area contributed by atoms with Gasteiger partial charge in [0.15, 0.2) is 12.4 Å². The first-order valence-electron chi connectivity index (χ1n) is 6.02. The number of amides is 1. The molecule has 9 nitrogen and oxygen atoms in total. The molecule has 0 spiro atoms. The van der Waals surface area contributed by atoms with Crippen molar-refractivity contribution in [1.29, 1.82) is 0 Å². The number of ether oxygens (including phenoxy) is 1. The maximum atomic E-state index is 11.9. The molecule has 0 aliphatic rings. The lowest BCUT2D eigenvalue weighted by Crippen LogP contribution is -2.31. The summed E-state index contributed by atoms with van der Waals surface area (Å²) in [6.07, 6.45) is 1.34. The smallest absolute Gasteiger partial charge is 0.310 e. The first-order valence-corrected chi connectivity index (χ1v) is 6.02. The minimum Gasteiger partial charge on any atom is -0.477 e. The molecule has 9 heteroatoms.